The van der Waals surface area contributed by atoms with Gasteiger partial charge in [0.1, 0.15) is 0 Å². The highest BCUT2D eigenvalue weighted by Crippen LogP contribution is 2.19. The van der Waals surface area contributed by atoms with Crippen molar-refractivity contribution in [3.8, 4) is 0 Å². The van der Waals surface area contributed by atoms with Gasteiger partial charge in [0, 0.05) is 0 Å². The summed E-state index contributed by atoms with van der Waals surface area (Å²) in [6.45, 7) is 4.03. The van der Waals surface area contributed by atoms with E-state index in [1.54, 1.807) is 0 Å². The van der Waals surface area contributed by atoms with E-state index in [4.69, 9.17) is 9.47 Å². The highest BCUT2D eigenvalue weighted by Gasteiger charge is 2.24. The smallest absolute Gasteiger partial charge is 0.163 e. The summed E-state index contributed by atoms with van der Waals surface area (Å²) in [5.74, 6) is 0. The van der Waals surface area contributed by atoms with Gasteiger partial charge < -0.3 is 9.47 Å². The Morgan fingerprint density at radius 1 is 1.38 bits per heavy atom. The second kappa shape index (κ2) is 2.46. The van der Waals surface area contributed by atoms with Crippen molar-refractivity contribution in [1.29, 1.82) is 0 Å². The topological polar surface area (TPSA) is 18.5 Å². The Bertz CT molecular complexity index is 64.2. The van der Waals surface area contributed by atoms with Gasteiger partial charge in [0.15, 0.2) is 12.6 Å². The average molecular weight is 116 g/mol. The molecular weight excluding hydrogens is 104 g/mol. The zero-order chi connectivity index (χ0) is 5.98. The van der Waals surface area contributed by atoms with Crippen molar-refractivity contribution in [2.45, 2.75) is 39.3 Å². The molecular formula is C6H12O2. The van der Waals surface area contributed by atoms with Gasteiger partial charge >= 0.3 is 0 Å². The first-order valence-electron chi connectivity index (χ1n) is 3.14. The van der Waals surface area contributed by atoms with E-state index in [0.717, 1.165) is 12.8 Å². The predicted molar refractivity (Wildman–Crippen MR) is 30.3 cm³/mol. The van der Waals surface area contributed by atoms with Crippen molar-refractivity contribution < 1.29 is 9.47 Å². The summed E-state index contributed by atoms with van der Waals surface area (Å²) >= 11 is 0. The van der Waals surface area contributed by atoms with Crippen LogP contribution < -0.4 is 0 Å². The summed E-state index contributed by atoms with van der Waals surface area (Å²) in [4.78, 5) is 0. The first-order chi connectivity index (χ1) is 3.83. The van der Waals surface area contributed by atoms with Gasteiger partial charge in [0.25, 0.3) is 0 Å². The van der Waals surface area contributed by atoms with Crippen LogP contribution in [0.2, 0.25) is 0 Å². The van der Waals surface area contributed by atoms with Crippen molar-refractivity contribution in [1.82, 2.24) is 0 Å². The lowest BCUT2D eigenvalue weighted by Crippen LogP contribution is -2.38. The van der Waals surface area contributed by atoms with Crippen LogP contribution in [-0.2, 0) is 9.47 Å². The SMILES string of the molecule is CCCC1OC(C)O1. The van der Waals surface area contributed by atoms with E-state index in [9.17, 15) is 0 Å². The Morgan fingerprint density at radius 3 is 2.38 bits per heavy atom. The van der Waals surface area contributed by atoms with Gasteiger partial charge in [0.05, 0.1) is 0 Å². The lowest BCUT2D eigenvalue weighted by molar-refractivity contribution is -0.377. The molecule has 8 heavy (non-hydrogen) atoms. The molecule has 0 spiro atoms. The number of hydrogen-bond donors (Lipinski definition) is 0. The van der Waals surface area contributed by atoms with E-state index < -0.39 is 0 Å². The molecule has 0 aromatic rings. The molecule has 0 aromatic carbocycles. The molecule has 0 atom stereocenters. The predicted octanol–water partition coefficient (Wildman–Crippen LogP) is 1.51. The molecule has 2 nitrogen and oxygen atoms in total. The van der Waals surface area contributed by atoms with E-state index in [1.807, 2.05) is 6.92 Å². The zero-order valence-electron chi connectivity index (χ0n) is 5.39. The van der Waals surface area contributed by atoms with Crippen molar-refractivity contribution in [2.75, 3.05) is 0 Å². The standard InChI is InChI=1S/C6H12O2/c1-3-4-6-7-5(2)8-6/h5-6H,3-4H2,1-2H3. The highest BCUT2D eigenvalue weighted by atomic mass is 16.9. The first kappa shape index (κ1) is 6.05. The average Bonchev–Trinajstić information content (AvgIpc) is 1.64. The first-order valence-corrected chi connectivity index (χ1v) is 3.14. The van der Waals surface area contributed by atoms with Crippen LogP contribution in [0.4, 0.5) is 0 Å². The summed E-state index contributed by atoms with van der Waals surface area (Å²) in [6, 6.07) is 0. The molecule has 0 aromatic heterocycles. The minimum Gasteiger partial charge on any atom is -0.324 e. The van der Waals surface area contributed by atoms with Crippen molar-refractivity contribution >= 4 is 0 Å². The number of rotatable bonds is 2. The van der Waals surface area contributed by atoms with Gasteiger partial charge in [-0.3, -0.25) is 0 Å². The van der Waals surface area contributed by atoms with Gasteiger partial charge in [-0.05, 0) is 13.3 Å². The molecule has 0 saturated carbocycles. The van der Waals surface area contributed by atoms with Crippen LogP contribution in [0.15, 0.2) is 0 Å². The van der Waals surface area contributed by atoms with Crippen molar-refractivity contribution in [2.24, 2.45) is 0 Å². The fraction of sp³-hybridized carbons (Fsp3) is 1.00. The minimum atomic E-state index is 0.0477. The largest absolute Gasteiger partial charge is 0.324 e. The molecule has 1 aliphatic rings. The fourth-order valence-electron chi connectivity index (χ4n) is 0.809. The molecule has 2 heteroatoms. The Morgan fingerprint density at radius 2 is 2.00 bits per heavy atom. The Hall–Kier alpha value is -0.0800. The summed E-state index contributed by atoms with van der Waals surface area (Å²) < 4.78 is 10.3. The summed E-state index contributed by atoms with van der Waals surface area (Å²) in [6.07, 6.45) is 2.32. The van der Waals surface area contributed by atoms with Crippen LogP contribution in [0.3, 0.4) is 0 Å². The van der Waals surface area contributed by atoms with E-state index in [1.165, 1.54) is 0 Å². The molecule has 0 bridgehead atoms. The normalized spacial score (nSPS) is 36.8. The highest BCUT2D eigenvalue weighted by molar-refractivity contribution is 4.53. The molecule has 0 aliphatic carbocycles. The van der Waals surface area contributed by atoms with Gasteiger partial charge in [0.2, 0.25) is 0 Å². The monoisotopic (exact) mass is 116 g/mol. The maximum Gasteiger partial charge on any atom is 0.163 e. The molecule has 0 amide bonds. The third-order valence-electron chi connectivity index (χ3n) is 1.21. The van der Waals surface area contributed by atoms with Crippen LogP contribution >= 0.6 is 0 Å². The summed E-state index contributed by atoms with van der Waals surface area (Å²) in [5, 5.41) is 0. The third kappa shape index (κ3) is 1.20. The Balaban J connectivity index is 1.98. The Labute approximate surface area is 49.8 Å². The van der Waals surface area contributed by atoms with Crippen LogP contribution in [-0.4, -0.2) is 12.6 Å². The lowest BCUT2D eigenvalue weighted by Gasteiger charge is -2.33. The molecule has 0 N–H and O–H groups in total. The summed E-state index contributed by atoms with van der Waals surface area (Å²) in [7, 11) is 0. The fourth-order valence-corrected chi connectivity index (χ4v) is 0.809. The van der Waals surface area contributed by atoms with Crippen molar-refractivity contribution in [3.63, 3.8) is 0 Å². The molecule has 0 radical (unpaired) electrons. The summed E-state index contributed by atoms with van der Waals surface area (Å²) in [5.41, 5.74) is 0. The van der Waals surface area contributed by atoms with Gasteiger partial charge in [-0.2, -0.15) is 0 Å². The molecule has 1 rings (SSSR count). The minimum absolute atomic E-state index is 0.0477. The molecule has 1 fully saturated rings. The van der Waals surface area contributed by atoms with Gasteiger partial charge in [-0.25, -0.2) is 0 Å². The number of hydrogen-bond acceptors (Lipinski definition) is 2. The molecule has 48 valence electrons. The van der Waals surface area contributed by atoms with Crippen LogP contribution in [0.25, 0.3) is 0 Å². The van der Waals surface area contributed by atoms with Crippen LogP contribution in [0.5, 0.6) is 0 Å². The quantitative estimate of drug-likeness (QED) is 0.544. The number of ether oxygens (including phenoxy) is 2. The second-order valence-corrected chi connectivity index (χ2v) is 2.06. The van der Waals surface area contributed by atoms with E-state index >= 15 is 0 Å². The van der Waals surface area contributed by atoms with Crippen LogP contribution in [0.1, 0.15) is 26.7 Å². The molecule has 1 aliphatic heterocycles. The van der Waals surface area contributed by atoms with Crippen LogP contribution in [0, 0.1) is 0 Å². The van der Waals surface area contributed by atoms with E-state index in [-0.39, 0.29) is 12.6 Å². The molecule has 1 heterocycles. The van der Waals surface area contributed by atoms with Gasteiger partial charge in [-0.15, -0.1) is 0 Å². The third-order valence-corrected chi connectivity index (χ3v) is 1.21. The van der Waals surface area contributed by atoms with E-state index in [2.05, 4.69) is 6.92 Å². The maximum atomic E-state index is 5.16. The van der Waals surface area contributed by atoms with Gasteiger partial charge in [-0.1, -0.05) is 13.3 Å². The molecule has 0 unspecified atom stereocenters. The lowest BCUT2D eigenvalue weighted by atomic mass is 10.3. The zero-order valence-corrected chi connectivity index (χ0v) is 5.39. The van der Waals surface area contributed by atoms with E-state index in [0.29, 0.717) is 0 Å². The molecule has 1 saturated heterocycles. The second-order valence-electron chi connectivity index (χ2n) is 2.06. The van der Waals surface area contributed by atoms with Crippen molar-refractivity contribution in [3.05, 3.63) is 0 Å². The maximum absolute atomic E-state index is 5.16. The Kier molecular flexibility index (Phi) is 1.86.